The van der Waals surface area contributed by atoms with Crippen molar-refractivity contribution < 1.29 is 14.8 Å². The summed E-state index contributed by atoms with van der Waals surface area (Å²) in [6, 6.07) is 3.30. The highest BCUT2D eigenvalue weighted by atomic mass is 32.1. The molecule has 0 aliphatic heterocycles. The van der Waals surface area contributed by atoms with E-state index in [1.165, 1.54) is 11.3 Å². The van der Waals surface area contributed by atoms with Crippen LogP contribution < -0.4 is 5.32 Å². The molecule has 2 aromatic rings. The first-order valence-corrected chi connectivity index (χ1v) is 5.94. The van der Waals surface area contributed by atoms with E-state index in [-0.39, 0.29) is 18.7 Å². The number of nitrogens with one attached hydrogen (secondary N) is 1. The van der Waals surface area contributed by atoms with Crippen molar-refractivity contribution in [1.29, 1.82) is 0 Å². The molecule has 0 aliphatic carbocycles. The second-order valence-electron chi connectivity index (χ2n) is 3.49. The Morgan fingerprint density at radius 2 is 2.33 bits per heavy atom. The van der Waals surface area contributed by atoms with Crippen LogP contribution in [0, 0.1) is 10.1 Å². The number of nitro benzene ring substituents is 1. The van der Waals surface area contributed by atoms with Crippen LogP contribution in [0.5, 0.6) is 0 Å². The topological polar surface area (TPSA) is 105 Å². The molecule has 0 radical (unpaired) electrons. The molecule has 94 valence electrons. The minimum absolute atomic E-state index is 0.105. The number of carboxylic acid groups (broad SMARTS) is 1. The lowest BCUT2D eigenvalue weighted by Gasteiger charge is -2.05. The van der Waals surface area contributed by atoms with Crippen molar-refractivity contribution in [3.8, 4) is 0 Å². The number of anilines is 1. The van der Waals surface area contributed by atoms with Gasteiger partial charge < -0.3 is 10.4 Å². The lowest BCUT2D eigenvalue weighted by Crippen LogP contribution is -2.09. The highest BCUT2D eigenvalue weighted by Gasteiger charge is 2.20. The molecule has 0 aliphatic rings. The molecule has 0 bridgehead atoms. The highest BCUT2D eigenvalue weighted by molar-refractivity contribution is 7.16. The summed E-state index contributed by atoms with van der Waals surface area (Å²) in [5.41, 5.74) is 2.04. The summed E-state index contributed by atoms with van der Waals surface area (Å²) < 4.78 is 0.727. The SMILES string of the molecule is O=C(O)CCNc1ccc2scnc2c1[N+](=O)[O-]. The Morgan fingerprint density at radius 1 is 1.56 bits per heavy atom. The number of rotatable bonds is 5. The summed E-state index contributed by atoms with van der Waals surface area (Å²) in [7, 11) is 0. The van der Waals surface area contributed by atoms with Crippen LogP contribution in [0.1, 0.15) is 6.42 Å². The number of nitro groups is 1. The minimum atomic E-state index is -0.958. The van der Waals surface area contributed by atoms with Crippen molar-refractivity contribution >= 4 is 38.9 Å². The molecule has 0 fully saturated rings. The van der Waals surface area contributed by atoms with Gasteiger partial charge in [-0.25, -0.2) is 4.98 Å². The molecule has 7 nitrogen and oxygen atoms in total. The van der Waals surface area contributed by atoms with E-state index in [4.69, 9.17) is 5.11 Å². The minimum Gasteiger partial charge on any atom is -0.481 e. The van der Waals surface area contributed by atoms with Crippen molar-refractivity contribution in [1.82, 2.24) is 4.98 Å². The van der Waals surface area contributed by atoms with Crippen LogP contribution in [0.4, 0.5) is 11.4 Å². The predicted molar refractivity (Wildman–Crippen MR) is 67.0 cm³/mol. The van der Waals surface area contributed by atoms with Crippen LogP contribution in [-0.4, -0.2) is 27.5 Å². The summed E-state index contributed by atoms with van der Waals surface area (Å²) in [5.74, 6) is -0.958. The van der Waals surface area contributed by atoms with Gasteiger partial charge in [0.2, 0.25) is 0 Å². The zero-order chi connectivity index (χ0) is 13.1. The average Bonchev–Trinajstić information content (AvgIpc) is 2.75. The van der Waals surface area contributed by atoms with Gasteiger partial charge in [0.1, 0.15) is 5.69 Å². The number of hydrogen-bond donors (Lipinski definition) is 2. The fourth-order valence-electron chi connectivity index (χ4n) is 1.55. The number of carbonyl (C=O) groups is 1. The number of aliphatic carboxylic acids is 1. The standard InChI is InChI=1S/C10H9N3O4S/c14-8(15)3-4-11-6-1-2-7-9(12-5-18-7)10(6)13(16)17/h1-2,5,11H,3-4H2,(H,14,15). The van der Waals surface area contributed by atoms with Gasteiger partial charge in [-0.05, 0) is 12.1 Å². The Hall–Kier alpha value is -2.22. The van der Waals surface area contributed by atoms with Crippen molar-refractivity contribution in [3.63, 3.8) is 0 Å². The Balaban J connectivity index is 2.34. The smallest absolute Gasteiger partial charge is 0.319 e. The van der Waals surface area contributed by atoms with Gasteiger partial charge in [-0.15, -0.1) is 11.3 Å². The van der Waals surface area contributed by atoms with E-state index in [1.807, 2.05) is 0 Å². The van der Waals surface area contributed by atoms with Crippen LogP contribution in [0.25, 0.3) is 10.2 Å². The van der Waals surface area contributed by atoms with E-state index in [1.54, 1.807) is 17.6 Å². The van der Waals surface area contributed by atoms with Crippen LogP contribution >= 0.6 is 11.3 Å². The van der Waals surface area contributed by atoms with Crippen LogP contribution in [-0.2, 0) is 4.79 Å². The Kier molecular flexibility index (Phi) is 3.38. The monoisotopic (exact) mass is 267 g/mol. The molecule has 1 heterocycles. The molecule has 0 saturated heterocycles. The van der Waals surface area contributed by atoms with Gasteiger partial charge in [0.05, 0.1) is 21.6 Å². The molecule has 18 heavy (non-hydrogen) atoms. The van der Waals surface area contributed by atoms with E-state index in [9.17, 15) is 14.9 Å². The lowest BCUT2D eigenvalue weighted by atomic mass is 10.2. The molecule has 1 aromatic carbocycles. The maximum atomic E-state index is 11.0. The molecule has 0 unspecified atom stereocenters. The van der Waals surface area contributed by atoms with E-state index >= 15 is 0 Å². The number of hydrogen-bond acceptors (Lipinski definition) is 6. The third kappa shape index (κ3) is 2.38. The Morgan fingerprint density at radius 3 is 3.00 bits per heavy atom. The summed E-state index contributed by atoms with van der Waals surface area (Å²) >= 11 is 1.32. The third-order valence-corrected chi connectivity index (χ3v) is 3.11. The summed E-state index contributed by atoms with van der Waals surface area (Å²) in [6.45, 7) is 0.131. The van der Waals surface area contributed by atoms with Gasteiger partial charge in [-0.2, -0.15) is 0 Å². The number of nitrogens with zero attached hydrogens (tertiary/aromatic N) is 2. The molecular formula is C10H9N3O4S. The maximum Gasteiger partial charge on any atom is 0.319 e. The number of benzene rings is 1. The van der Waals surface area contributed by atoms with Crippen LogP contribution in [0.3, 0.4) is 0 Å². The molecule has 0 saturated carbocycles. The van der Waals surface area contributed by atoms with Crippen LogP contribution in [0.2, 0.25) is 0 Å². The maximum absolute atomic E-state index is 11.0. The summed E-state index contributed by atoms with van der Waals surface area (Å²) in [5, 5.41) is 22.3. The zero-order valence-electron chi connectivity index (χ0n) is 9.12. The zero-order valence-corrected chi connectivity index (χ0v) is 9.94. The van der Waals surface area contributed by atoms with Crippen molar-refractivity contribution in [2.24, 2.45) is 0 Å². The summed E-state index contributed by atoms with van der Waals surface area (Å²) in [6.07, 6.45) is -0.105. The molecule has 1 aromatic heterocycles. The fraction of sp³-hybridized carbons (Fsp3) is 0.200. The van der Waals surface area contributed by atoms with E-state index in [2.05, 4.69) is 10.3 Å². The average molecular weight is 267 g/mol. The molecule has 8 heteroatoms. The Bertz CT molecular complexity index is 610. The molecular weight excluding hydrogens is 258 g/mol. The van der Waals surface area contributed by atoms with Gasteiger partial charge in [-0.1, -0.05) is 0 Å². The first-order valence-electron chi connectivity index (χ1n) is 5.06. The first kappa shape index (κ1) is 12.2. The highest BCUT2D eigenvalue weighted by Crippen LogP contribution is 2.34. The van der Waals surface area contributed by atoms with Crippen LogP contribution in [0.15, 0.2) is 17.6 Å². The number of aromatic nitrogens is 1. The number of thiazole rings is 1. The normalized spacial score (nSPS) is 10.4. The lowest BCUT2D eigenvalue weighted by molar-refractivity contribution is -0.382. The predicted octanol–water partition coefficient (Wildman–Crippen LogP) is 2.09. The number of carboxylic acids is 1. The van der Waals surface area contributed by atoms with Gasteiger partial charge in [0.25, 0.3) is 0 Å². The molecule has 0 atom stereocenters. The van der Waals surface area contributed by atoms with Gasteiger partial charge in [0.15, 0.2) is 5.52 Å². The van der Waals surface area contributed by atoms with E-state index in [0.717, 1.165) is 4.70 Å². The molecule has 0 amide bonds. The van der Waals surface area contributed by atoms with E-state index in [0.29, 0.717) is 11.2 Å². The first-order chi connectivity index (χ1) is 8.59. The summed E-state index contributed by atoms with van der Waals surface area (Å²) in [4.78, 5) is 24.9. The largest absolute Gasteiger partial charge is 0.481 e. The second kappa shape index (κ2) is 4.96. The van der Waals surface area contributed by atoms with Gasteiger partial charge in [-0.3, -0.25) is 14.9 Å². The van der Waals surface area contributed by atoms with E-state index < -0.39 is 10.9 Å². The number of fused-ring (bicyclic) bond motifs is 1. The van der Waals surface area contributed by atoms with Gasteiger partial charge in [0, 0.05) is 6.54 Å². The second-order valence-corrected chi connectivity index (χ2v) is 4.37. The fourth-order valence-corrected chi connectivity index (χ4v) is 2.23. The van der Waals surface area contributed by atoms with Gasteiger partial charge >= 0.3 is 11.7 Å². The quantitative estimate of drug-likeness (QED) is 0.634. The van der Waals surface area contributed by atoms with Crippen molar-refractivity contribution in [2.45, 2.75) is 6.42 Å². The third-order valence-electron chi connectivity index (χ3n) is 2.31. The van der Waals surface area contributed by atoms with Crippen molar-refractivity contribution in [3.05, 3.63) is 27.8 Å². The van der Waals surface area contributed by atoms with Crippen molar-refractivity contribution in [2.75, 3.05) is 11.9 Å². The Labute approximate surface area is 105 Å². The molecule has 0 spiro atoms. The molecule has 2 N–H and O–H groups in total. The molecule has 2 rings (SSSR count).